The summed E-state index contributed by atoms with van der Waals surface area (Å²) in [4.78, 5) is 28.5. The zero-order chi connectivity index (χ0) is 26.8. The minimum Gasteiger partial charge on any atom is -0.484 e. The predicted molar refractivity (Wildman–Crippen MR) is 132 cm³/mol. The molecule has 0 spiro atoms. The summed E-state index contributed by atoms with van der Waals surface area (Å²) >= 11 is 5.71. The minimum absolute atomic E-state index is 0.0902. The Hall–Kier alpha value is -3.99. The fraction of sp³-hybridized carbons (Fsp3) is 0.269. The maximum absolute atomic E-state index is 13.4. The van der Waals surface area contributed by atoms with Crippen LogP contribution in [0.2, 0.25) is 5.02 Å². The number of ether oxygens (including phenoxy) is 2. The zero-order valence-corrected chi connectivity index (χ0v) is 20.5. The number of rotatable bonds is 4. The number of hydrogen-bond acceptors (Lipinski definition) is 5. The van der Waals surface area contributed by atoms with Crippen LogP contribution in [0.3, 0.4) is 0 Å². The smallest absolute Gasteiger partial charge is 0.418 e. The number of nitrogens with zero attached hydrogens (tertiary/aromatic N) is 1. The number of urea groups is 1. The van der Waals surface area contributed by atoms with Gasteiger partial charge >= 0.3 is 12.2 Å². The van der Waals surface area contributed by atoms with E-state index in [1.165, 1.54) is 6.07 Å². The van der Waals surface area contributed by atoms with E-state index in [-0.39, 0.29) is 16.8 Å². The number of amides is 3. The van der Waals surface area contributed by atoms with Gasteiger partial charge in [0.05, 0.1) is 23.2 Å². The maximum atomic E-state index is 13.4. The molecule has 3 N–H and O–H groups in total. The standard InChI is InChI=1S/C26H20ClF3N4O4/c1-25-21(22(25)34-24(36)32-17-5-2-12(27)10-16(17)26(28,29)30)15-11-13(3-6-19(15)38-25)37-18-8-9-31-23-14(18)4-7-20(35)33-23/h2-3,5-6,8-11,21-22H,4,7H2,1H3,(H,31,33,35)(H2,32,34,36)/t21-,22-,25?/m0/s1. The first-order valence-corrected chi connectivity index (χ1v) is 12.1. The van der Waals surface area contributed by atoms with Crippen molar-refractivity contribution in [1.29, 1.82) is 0 Å². The van der Waals surface area contributed by atoms with Crippen LogP contribution in [0.5, 0.6) is 17.2 Å². The normalized spacial score (nSPS) is 22.8. The van der Waals surface area contributed by atoms with Crippen LogP contribution in [0.4, 0.5) is 29.5 Å². The van der Waals surface area contributed by atoms with Gasteiger partial charge in [-0.1, -0.05) is 11.6 Å². The van der Waals surface area contributed by atoms with Crippen LogP contribution in [-0.4, -0.2) is 28.6 Å². The average molecular weight is 545 g/mol. The molecule has 1 aromatic heterocycles. The Morgan fingerprint density at radius 3 is 2.82 bits per heavy atom. The summed E-state index contributed by atoms with van der Waals surface area (Å²) in [5.41, 5.74) is -0.566. The first-order valence-electron chi connectivity index (χ1n) is 11.8. The van der Waals surface area contributed by atoms with Gasteiger partial charge in [-0.3, -0.25) is 4.79 Å². The number of carbonyl (C=O) groups excluding carboxylic acids is 2. The lowest BCUT2D eigenvalue weighted by Gasteiger charge is -2.19. The van der Waals surface area contributed by atoms with Crippen molar-refractivity contribution < 1.29 is 32.2 Å². The first-order chi connectivity index (χ1) is 18.0. The highest BCUT2D eigenvalue weighted by molar-refractivity contribution is 6.30. The molecule has 1 unspecified atom stereocenters. The lowest BCUT2D eigenvalue weighted by atomic mass is 10.1. The molecule has 2 aromatic carbocycles. The van der Waals surface area contributed by atoms with Crippen LogP contribution < -0.4 is 25.4 Å². The summed E-state index contributed by atoms with van der Waals surface area (Å²) in [5, 5.41) is 7.65. The molecule has 0 bridgehead atoms. The summed E-state index contributed by atoms with van der Waals surface area (Å²) in [5.74, 6) is 1.91. The molecule has 0 radical (unpaired) electrons. The molecule has 0 saturated heterocycles. The van der Waals surface area contributed by atoms with Crippen molar-refractivity contribution in [1.82, 2.24) is 10.3 Å². The number of fused-ring (bicyclic) bond motifs is 4. The number of halogens is 4. The Labute approximate surface area is 219 Å². The van der Waals surface area contributed by atoms with Gasteiger partial charge in [-0.25, -0.2) is 9.78 Å². The molecule has 3 amide bonds. The van der Waals surface area contributed by atoms with Gasteiger partial charge in [0.15, 0.2) is 0 Å². The maximum Gasteiger partial charge on any atom is 0.418 e. The van der Waals surface area contributed by atoms with Crippen LogP contribution in [0.25, 0.3) is 0 Å². The molecule has 8 nitrogen and oxygen atoms in total. The third kappa shape index (κ3) is 4.16. The Morgan fingerprint density at radius 1 is 1.21 bits per heavy atom. The second kappa shape index (κ2) is 8.52. The second-order valence-electron chi connectivity index (χ2n) is 9.51. The fourth-order valence-electron chi connectivity index (χ4n) is 5.13. The molecule has 12 heteroatoms. The van der Waals surface area contributed by atoms with Gasteiger partial charge < -0.3 is 25.4 Å². The van der Waals surface area contributed by atoms with Gasteiger partial charge in [-0.05, 0) is 55.8 Å². The van der Waals surface area contributed by atoms with Gasteiger partial charge in [0, 0.05) is 28.8 Å². The van der Waals surface area contributed by atoms with Crippen molar-refractivity contribution in [2.75, 3.05) is 10.6 Å². The van der Waals surface area contributed by atoms with Crippen molar-refractivity contribution in [2.45, 2.75) is 43.5 Å². The third-order valence-corrected chi connectivity index (χ3v) is 7.26. The third-order valence-electron chi connectivity index (χ3n) is 7.03. The molecular weight excluding hydrogens is 525 g/mol. The fourth-order valence-corrected chi connectivity index (χ4v) is 5.31. The van der Waals surface area contributed by atoms with Crippen molar-refractivity contribution in [3.05, 3.63) is 70.4 Å². The molecule has 2 aliphatic heterocycles. The van der Waals surface area contributed by atoms with E-state index in [0.29, 0.717) is 35.9 Å². The molecule has 3 aliphatic rings. The zero-order valence-electron chi connectivity index (χ0n) is 19.8. The first kappa shape index (κ1) is 24.4. The topological polar surface area (TPSA) is 102 Å². The summed E-state index contributed by atoms with van der Waals surface area (Å²) in [6, 6.07) is 8.97. The SMILES string of the molecule is CC12Oc3ccc(Oc4ccnc5c4CCC(=O)N5)cc3[C@H]1[C@@H]2NC(=O)Nc1ccc(Cl)cc1C(F)(F)F. The van der Waals surface area contributed by atoms with Crippen LogP contribution in [0, 0.1) is 0 Å². The van der Waals surface area contributed by atoms with Gasteiger partial charge in [0.25, 0.3) is 0 Å². The van der Waals surface area contributed by atoms with Crippen LogP contribution in [0.15, 0.2) is 48.7 Å². The molecule has 3 atom stereocenters. The highest BCUT2D eigenvalue weighted by Crippen LogP contribution is 2.62. The van der Waals surface area contributed by atoms with Crippen molar-refractivity contribution >= 4 is 35.0 Å². The van der Waals surface area contributed by atoms with Crippen molar-refractivity contribution in [2.24, 2.45) is 0 Å². The van der Waals surface area contributed by atoms with E-state index in [4.69, 9.17) is 21.1 Å². The van der Waals surface area contributed by atoms with Crippen LogP contribution in [0.1, 0.15) is 36.0 Å². The quantitative estimate of drug-likeness (QED) is 0.381. The number of nitrogens with one attached hydrogen (secondary N) is 3. The number of anilines is 2. The summed E-state index contributed by atoms with van der Waals surface area (Å²) < 4.78 is 52.4. The van der Waals surface area contributed by atoms with Gasteiger partial charge in [-0.2, -0.15) is 13.2 Å². The summed E-state index contributed by atoms with van der Waals surface area (Å²) in [7, 11) is 0. The molecule has 1 saturated carbocycles. The summed E-state index contributed by atoms with van der Waals surface area (Å²) in [6.07, 6.45) is -2.29. The van der Waals surface area contributed by atoms with Crippen molar-refractivity contribution in [3.63, 3.8) is 0 Å². The van der Waals surface area contributed by atoms with E-state index in [1.807, 2.05) is 13.0 Å². The number of alkyl halides is 3. The molecule has 6 rings (SSSR count). The molecular formula is C26H20ClF3N4O4. The number of aromatic nitrogens is 1. The molecule has 1 fully saturated rings. The van der Waals surface area contributed by atoms with Crippen molar-refractivity contribution in [3.8, 4) is 17.2 Å². The lowest BCUT2D eigenvalue weighted by molar-refractivity contribution is -0.136. The van der Waals surface area contributed by atoms with Gasteiger partial charge in [-0.15, -0.1) is 0 Å². The second-order valence-corrected chi connectivity index (χ2v) is 9.95. The molecule has 1 aliphatic carbocycles. The lowest BCUT2D eigenvalue weighted by Crippen LogP contribution is -2.37. The van der Waals surface area contributed by atoms with Gasteiger partial charge in [0.2, 0.25) is 5.91 Å². The van der Waals surface area contributed by atoms with E-state index in [1.54, 1.807) is 24.4 Å². The van der Waals surface area contributed by atoms with Gasteiger partial charge in [0.1, 0.15) is 28.7 Å². The molecule has 3 aromatic rings. The van der Waals surface area contributed by atoms with E-state index in [2.05, 4.69) is 20.9 Å². The predicted octanol–water partition coefficient (Wildman–Crippen LogP) is 5.87. The van der Waals surface area contributed by atoms with Crippen LogP contribution >= 0.6 is 11.6 Å². The largest absolute Gasteiger partial charge is 0.484 e. The monoisotopic (exact) mass is 544 g/mol. The Kier molecular flexibility index (Phi) is 5.46. The molecule has 38 heavy (non-hydrogen) atoms. The van der Waals surface area contributed by atoms with E-state index >= 15 is 0 Å². The highest BCUT2D eigenvalue weighted by Gasteiger charge is 2.70. The number of hydrogen-bond donors (Lipinski definition) is 3. The Morgan fingerprint density at radius 2 is 2.03 bits per heavy atom. The molecule has 3 heterocycles. The number of carbonyl (C=O) groups is 2. The van der Waals surface area contributed by atoms with E-state index < -0.39 is 35.1 Å². The highest BCUT2D eigenvalue weighted by atomic mass is 35.5. The average Bonchev–Trinajstić information content (AvgIpc) is 3.27. The number of pyridine rings is 1. The van der Waals surface area contributed by atoms with E-state index in [9.17, 15) is 22.8 Å². The summed E-state index contributed by atoms with van der Waals surface area (Å²) in [6.45, 7) is 1.83. The van der Waals surface area contributed by atoms with Crippen LogP contribution in [-0.2, 0) is 17.4 Å². The molecule has 196 valence electrons. The Balaban J connectivity index is 1.18. The minimum atomic E-state index is -4.69. The van der Waals surface area contributed by atoms with E-state index in [0.717, 1.165) is 23.3 Å². The Bertz CT molecular complexity index is 1500. The number of benzene rings is 2.